The fourth-order valence-electron chi connectivity index (χ4n) is 1.17. The van der Waals surface area contributed by atoms with Gasteiger partial charge in [0, 0.05) is 17.5 Å². The van der Waals surface area contributed by atoms with E-state index >= 15 is 0 Å². The molecule has 0 radical (unpaired) electrons. The van der Waals surface area contributed by atoms with Crippen molar-refractivity contribution in [2.24, 2.45) is 0 Å². The molecule has 1 aromatic heterocycles. The highest BCUT2D eigenvalue weighted by Gasteiger charge is 2.03. The number of aryl methyl sites for hydroxylation is 1. The first-order valence-corrected chi connectivity index (χ1v) is 6.05. The molecule has 88 valence electrons. The maximum atomic E-state index is 11.3. The van der Waals surface area contributed by atoms with Crippen LogP contribution in [0.25, 0.3) is 0 Å². The van der Waals surface area contributed by atoms with Crippen molar-refractivity contribution < 1.29 is 9.90 Å². The van der Waals surface area contributed by atoms with Gasteiger partial charge < -0.3 is 10.1 Å². The van der Waals surface area contributed by atoms with Gasteiger partial charge in [-0.25, -0.2) is 4.98 Å². The smallest absolute Gasteiger partial charge is 0.304 e. The maximum Gasteiger partial charge on any atom is 0.304 e. The predicted octanol–water partition coefficient (Wildman–Crippen LogP) is 1.29. The quantitative estimate of drug-likeness (QED) is 0.580. The molecule has 0 aliphatic rings. The van der Waals surface area contributed by atoms with E-state index in [2.05, 4.69) is 9.97 Å². The lowest BCUT2D eigenvalue weighted by Gasteiger charge is -2.01. The Balaban J connectivity index is 2.65. The molecule has 0 bridgehead atoms. The number of hydrogen-bond donors (Lipinski definition) is 2. The van der Waals surface area contributed by atoms with Crippen molar-refractivity contribution in [2.75, 3.05) is 5.75 Å². The van der Waals surface area contributed by atoms with Crippen molar-refractivity contribution in [3.63, 3.8) is 0 Å². The predicted molar refractivity (Wildman–Crippen MR) is 61.8 cm³/mol. The van der Waals surface area contributed by atoms with Crippen molar-refractivity contribution in [2.45, 2.75) is 31.3 Å². The Morgan fingerprint density at radius 3 is 3.00 bits per heavy atom. The zero-order chi connectivity index (χ0) is 12.0. The fraction of sp³-hybridized carbons (Fsp3) is 0.500. The van der Waals surface area contributed by atoms with E-state index in [0.29, 0.717) is 10.9 Å². The second-order valence-corrected chi connectivity index (χ2v) is 4.37. The number of rotatable bonds is 6. The third-order valence-corrected chi connectivity index (χ3v) is 2.71. The molecule has 0 amide bonds. The van der Waals surface area contributed by atoms with E-state index in [1.165, 1.54) is 17.8 Å². The summed E-state index contributed by atoms with van der Waals surface area (Å²) < 4.78 is 0. The van der Waals surface area contributed by atoms with Crippen LogP contribution in [-0.4, -0.2) is 26.8 Å². The number of aromatic amines is 1. The van der Waals surface area contributed by atoms with Gasteiger partial charge in [0.2, 0.25) is 0 Å². The summed E-state index contributed by atoms with van der Waals surface area (Å²) in [6.07, 6.45) is 1.75. The molecule has 1 heterocycles. The lowest BCUT2D eigenvalue weighted by atomic mass is 10.2. The summed E-state index contributed by atoms with van der Waals surface area (Å²) in [6, 6.07) is 1.48. The average Bonchev–Trinajstić information content (AvgIpc) is 2.16. The Kier molecular flexibility index (Phi) is 5.04. The average molecular weight is 242 g/mol. The molecule has 16 heavy (non-hydrogen) atoms. The highest BCUT2D eigenvalue weighted by Crippen LogP contribution is 2.12. The van der Waals surface area contributed by atoms with Crippen molar-refractivity contribution in [3.05, 3.63) is 22.1 Å². The van der Waals surface area contributed by atoms with Crippen molar-refractivity contribution in [3.8, 4) is 0 Å². The molecule has 0 saturated heterocycles. The number of carboxylic acid groups (broad SMARTS) is 1. The van der Waals surface area contributed by atoms with Gasteiger partial charge in [-0.3, -0.25) is 9.59 Å². The largest absolute Gasteiger partial charge is 0.481 e. The summed E-state index contributed by atoms with van der Waals surface area (Å²) in [5.41, 5.74) is 0.570. The van der Waals surface area contributed by atoms with Crippen LogP contribution in [-0.2, 0) is 11.2 Å². The van der Waals surface area contributed by atoms with Crippen molar-refractivity contribution in [1.82, 2.24) is 9.97 Å². The summed E-state index contributed by atoms with van der Waals surface area (Å²) in [5, 5.41) is 8.98. The van der Waals surface area contributed by atoms with Crippen LogP contribution in [0.4, 0.5) is 0 Å². The van der Waals surface area contributed by atoms with Crippen molar-refractivity contribution >= 4 is 17.7 Å². The monoisotopic (exact) mass is 242 g/mol. The van der Waals surface area contributed by atoms with E-state index in [4.69, 9.17) is 5.11 Å². The lowest BCUT2D eigenvalue weighted by molar-refractivity contribution is -0.136. The van der Waals surface area contributed by atoms with Crippen LogP contribution in [0.2, 0.25) is 0 Å². The highest BCUT2D eigenvalue weighted by molar-refractivity contribution is 7.99. The Bertz CT molecular complexity index is 417. The van der Waals surface area contributed by atoms with Crippen LogP contribution in [0.3, 0.4) is 0 Å². The fourth-order valence-corrected chi connectivity index (χ4v) is 2.00. The van der Waals surface area contributed by atoms with E-state index in [1.54, 1.807) is 0 Å². The molecule has 6 heteroatoms. The van der Waals surface area contributed by atoms with Crippen LogP contribution in [0.1, 0.15) is 25.5 Å². The molecule has 0 fully saturated rings. The SMILES string of the molecule is CCCc1cc(=O)[nH]c(SCCC(=O)O)n1. The van der Waals surface area contributed by atoms with E-state index in [9.17, 15) is 9.59 Å². The zero-order valence-corrected chi connectivity index (χ0v) is 9.84. The van der Waals surface area contributed by atoms with Gasteiger partial charge in [-0.15, -0.1) is 0 Å². The van der Waals surface area contributed by atoms with Gasteiger partial charge >= 0.3 is 5.97 Å². The van der Waals surface area contributed by atoms with Gasteiger partial charge in [-0.05, 0) is 6.42 Å². The summed E-state index contributed by atoms with van der Waals surface area (Å²) in [5.74, 6) is -0.437. The molecule has 5 nitrogen and oxygen atoms in total. The van der Waals surface area contributed by atoms with Gasteiger partial charge in [0.05, 0.1) is 6.42 Å². The van der Waals surface area contributed by atoms with E-state index in [0.717, 1.165) is 18.5 Å². The standard InChI is InChI=1S/C10H14N2O3S/c1-2-3-7-6-8(13)12-10(11-7)16-5-4-9(14)15/h6H,2-5H2,1H3,(H,14,15)(H,11,12,13). The Morgan fingerprint density at radius 2 is 2.38 bits per heavy atom. The first kappa shape index (κ1) is 12.8. The number of thioether (sulfide) groups is 1. The Labute approximate surface area is 97.3 Å². The molecule has 0 aromatic carbocycles. The molecule has 1 aromatic rings. The first-order valence-electron chi connectivity index (χ1n) is 5.06. The molecule has 0 spiro atoms. The molecule has 0 aliphatic heterocycles. The minimum absolute atomic E-state index is 0.0619. The lowest BCUT2D eigenvalue weighted by Crippen LogP contribution is -2.10. The summed E-state index contributed by atoms with van der Waals surface area (Å²) in [7, 11) is 0. The highest BCUT2D eigenvalue weighted by atomic mass is 32.2. The number of hydrogen-bond acceptors (Lipinski definition) is 4. The normalized spacial score (nSPS) is 10.3. The number of aliphatic carboxylic acids is 1. The van der Waals surface area contributed by atoms with Crippen molar-refractivity contribution in [1.29, 1.82) is 0 Å². The minimum atomic E-state index is -0.848. The number of carboxylic acids is 1. The molecule has 2 N–H and O–H groups in total. The first-order chi connectivity index (χ1) is 7.61. The maximum absolute atomic E-state index is 11.3. The molecule has 0 unspecified atom stereocenters. The molecular weight excluding hydrogens is 228 g/mol. The van der Waals surface area contributed by atoms with Gasteiger partial charge in [0.1, 0.15) is 0 Å². The van der Waals surface area contributed by atoms with Crippen LogP contribution in [0.15, 0.2) is 16.0 Å². The molecular formula is C10H14N2O3S. The van der Waals surface area contributed by atoms with E-state index in [1.807, 2.05) is 6.92 Å². The summed E-state index contributed by atoms with van der Waals surface area (Å²) in [4.78, 5) is 28.4. The number of nitrogens with one attached hydrogen (secondary N) is 1. The van der Waals surface area contributed by atoms with Crippen LogP contribution in [0.5, 0.6) is 0 Å². The van der Waals surface area contributed by atoms with Gasteiger partial charge in [-0.2, -0.15) is 0 Å². The Hall–Kier alpha value is -1.30. The van der Waals surface area contributed by atoms with E-state index < -0.39 is 5.97 Å². The molecule has 0 saturated carbocycles. The molecule has 0 atom stereocenters. The molecule has 1 rings (SSSR count). The number of nitrogens with zero attached hydrogens (tertiary/aromatic N) is 1. The van der Waals surface area contributed by atoms with Gasteiger partial charge in [0.15, 0.2) is 5.16 Å². The summed E-state index contributed by atoms with van der Waals surface area (Å²) in [6.45, 7) is 2.01. The number of H-pyrrole nitrogens is 1. The van der Waals surface area contributed by atoms with Crippen LogP contribution < -0.4 is 5.56 Å². The van der Waals surface area contributed by atoms with Gasteiger partial charge in [-0.1, -0.05) is 25.1 Å². The van der Waals surface area contributed by atoms with Gasteiger partial charge in [0.25, 0.3) is 5.56 Å². The zero-order valence-electron chi connectivity index (χ0n) is 9.02. The van der Waals surface area contributed by atoms with E-state index in [-0.39, 0.29) is 12.0 Å². The molecule has 0 aliphatic carbocycles. The number of aromatic nitrogens is 2. The topological polar surface area (TPSA) is 83.0 Å². The third-order valence-electron chi connectivity index (χ3n) is 1.83. The second-order valence-electron chi connectivity index (χ2n) is 3.28. The number of carbonyl (C=O) groups is 1. The Morgan fingerprint density at radius 1 is 1.62 bits per heavy atom. The second kappa shape index (κ2) is 6.32. The minimum Gasteiger partial charge on any atom is -0.481 e. The van der Waals surface area contributed by atoms with Crippen LogP contribution in [0, 0.1) is 0 Å². The van der Waals surface area contributed by atoms with Crippen LogP contribution >= 0.6 is 11.8 Å². The summed E-state index contributed by atoms with van der Waals surface area (Å²) >= 11 is 1.26. The third kappa shape index (κ3) is 4.48.